The van der Waals surface area contributed by atoms with Crippen LogP contribution >= 0.6 is 0 Å². The van der Waals surface area contributed by atoms with E-state index in [4.69, 9.17) is 0 Å². The molecule has 0 aromatic heterocycles. The molecule has 0 spiro atoms. The van der Waals surface area contributed by atoms with Gasteiger partial charge in [-0.15, -0.1) is 0 Å². The molecule has 2 heterocycles. The van der Waals surface area contributed by atoms with Gasteiger partial charge in [-0.2, -0.15) is 5.01 Å². The molecule has 2 amide bonds. The third kappa shape index (κ3) is 3.22. The number of nitrogens with one attached hydrogen (secondary N) is 1. The molecule has 5 nitrogen and oxygen atoms in total. The van der Waals surface area contributed by atoms with Crippen LogP contribution in [0.2, 0.25) is 0 Å². The summed E-state index contributed by atoms with van der Waals surface area (Å²) in [6, 6.07) is 18.8. The summed E-state index contributed by atoms with van der Waals surface area (Å²) >= 11 is 0. The molecule has 1 N–H and O–H groups in total. The summed E-state index contributed by atoms with van der Waals surface area (Å²) in [5, 5.41) is 1.80. The van der Waals surface area contributed by atoms with Crippen LogP contribution in [0.25, 0.3) is 0 Å². The van der Waals surface area contributed by atoms with E-state index in [2.05, 4.69) is 5.43 Å². The highest BCUT2D eigenvalue weighted by Crippen LogP contribution is 2.30. The van der Waals surface area contributed by atoms with E-state index in [-0.39, 0.29) is 17.9 Å². The highest BCUT2D eigenvalue weighted by Gasteiger charge is 2.42. The van der Waals surface area contributed by atoms with Crippen molar-refractivity contribution in [1.29, 1.82) is 0 Å². The minimum atomic E-state index is -0.511. The minimum Gasteiger partial charge on any atom is -0.329 e. The first-order chi connectivity index (χ1) is 12.7. The molecule has 2 aliphatic rings. The molecule has 0 radical (unpaired) electrons. The van der Waals surface area contributed by atoms with Gasteiger partial charge in [0, 0.05) is 13.1 Å². The summed E-state index contributed by atoms with van der Waals surface area (Å²) in [6.45, 7) is 1.14. The number of rotatable bonds is 3. The van der Waals surface area contributed by atoms with Crippen molar-refractivity contribution < 1.29 is 9.59 Å². The fraction of sp³-hybridized carbons (Fsp3) is 0.333. The van der Waals surface area contributed by atoms with E-state index >= 15 is 0 Å². The van der Waals surface area contributed by atoms with Crippen LogP contribution in [0.3, 0.4) is 0 Å². The van der Waals surface area contributed by atoms with Crippen LogP contribution in [-0.4, -0.2) is 34.3 Å². The molecule has 2 unspecified atom stereocenters. The molecular formula is C21H23N3O2. The zero-order valence-corrected chi connectivity index (χ0v) is 14.7. The van der Waals surface area contributed by atoms with Crippen LogP contribution in [0.1, 0.15) is 36.4 Å². The maximum Gasteiger partial charge on any atom is 0.257 e. The first-order valence-electron chi connectivity index (χ1n) is 9.20. The molecule has 2 aliphatic heterocycles. The topological polar surface area (TPSA) is 52.7 Å². The van der Waals surface area contributed by atoms with Crippen LogP contribution in [-0.2, 0) is 16.1 Å². The second-order valence-corrected chi connectivity index (χ2v) is 6.95. The normalized spacial score (nSPS) is 23.9. The highest BCUT2D eigenvalue weighted by atomic mass is 16.2. The number of hydrogen-bond donors (Lipinski definition) is 1. The van der Waals surface area contributed by atoms with E-state index in [1.807, 2.05) is 60.7 Å². The molecule has 2 aromatic rings. The van der Waals surface area contributed by atoms with Gasteiger partial charge in [0.05, 0.1) is 0 Å². The van der Waals surface area contributed by atoms with Crippen molar-refractivity contribution in [3.8, 4) is 0 Å². The Kier molecular flexibility index (Phi) is 4.71. The molecule has 2 fully saturated rings. The molecule has 134 valence electrons. The predicted molar refractivity (Wildman–Crippen MR) is 98.7 cm³/mol. The predicted octanol–water partition coefficient (Wildman–Crippen LogP) is 2.66. The van der Waals surface area contributed by atoms with Gasteiger partial charge in [0.25, 0.3) is 5.91 Å². The van der Waals surface area contributed by atoms with Crippen LogP contribution < -0.4 is 5.43 Å². The Bertz CT molecular complexity index is 778. The van der Waals surface area contributed by atoms with Gasteiger partial charge in [-0.1, -0.05) is 60.7 Å². The molecule has 0 saturated carbocycles. The fourth-order valence-corrected chi connectivity index (χ4v) is 3.91. The maximum absolute atomic E-state index is 13.4. The Morgan fingerprint density at radius 3 is 2.35 bits per heavy atom. The second kappa shape index (κ2) is 7.30. The monoisotopic (exact) mass is 349 g/mol. The number of piperidine rings is 1. The number of hydrazine groups is 1. The van der Waals surface area contributed by atoms with Crippen LogP contribution in [0, 0.1) is 0 Å². The highest BCUT2D eigenvalue weighted by molar-refractivity contribution is 5.92. The molecule has 2 atom stereocenters. The first kappa shape index (κ1) is 16.8. The van der Waals surface area contributed by atoms with Crippen molar-refractivity contribution in [2.24, 2.45) is 0 Å². The van der Waals surface area contributed by atoms with E-state index in [0.29, 0.717) is 13.1 Å². The summed E-state index contributed by atoms with van der Waals surface area (Å²) in [7, 11) is 0. The molecule has 5 heteroatoms. The third-order valence-corrected chi connectivity index (χ3v) is 5.20. The van der Waals surface area contributed by atoms with Crippen molar-refractivity contribution >= 4 is 11.8 Å². The van der Waals surface area contributed by atoms with E-state index in [1.54, 1.807) is 9.91 Å². The van der Waals surface area contributed by atoms with Gasteiger partial charge >= 0.3 is 0 Å². The number of amides is 2. The number of fused-ring (bicyclic) bond motifs is 1. The molecule has 26 heavy (non-hydrogen) atoms. The maximum atomic E-state index is 13.4. The Balaban J connectivity index is 1.73. The van der Waals surface area contributed by atoms with Gasteiger partial charge in [-0.25, -0.2) is 0 Å². The zero-order chi connectivity index (χ0) is 17.9. The number of benzene rings is 2. The Hall–Kier alpha value is -2.66. The van der Waals surface area contributed by atoms with Crippen molar-refractivity contribution in [1.82, 2.24) is 15.3 Å². The Morgan fingerprint density at radius 2 is 1.62 bits per heavy atom. The summed E-state index contributed by atoms with van der Waals surface area (Å²) in [6.07, 6.45) is 2.67. The lowest BCUT2D eigenvalue weighted by molar-refractivity contribution is -0.141. The Labute approximate surface area is 153 Å². The zero-order valence-electron chi connectivity index (χ0n) is 14.7. The summed E-state index contributed by atoms with van der Waals surface area (Å²) in [5.74, 6) is -0.0670. The molecule has 0 aliphatic carbocycles. The number of carbonyl (C=O) groups excluding carboxylic acids is 2. The van der Waals surface area contributed by atoms with Gasteiger partial charge in [0.2, 0.25) is 5.91 Å². The average Bonchev–Trinajstić information content (AvgIpc) is 2.79. The van der Waals surface area contributed by atoms with Gasteiger partial charge in [-0.3, -0.25) is 15.0 Å². The van der Waals surface area contributed by atoms with Crippen LogP contribution in [0.4, 0.5) is 0 Å². The third-order valence-electron chi connectivity index (χ3n) is 5.20. The van der Waals surface area contributed by atoms with Crippen LogP contribution in [0.15, 0.2) is 60.7 Å². The summed E-state index contributed by atoms with van der Waals surface area (Å²) < 4.78 is 0. The Morgan fingerprint density at radius 1 is 0.923 bits per heavy atom. The second-order valence-electron chi connectivity index (χ2n) is 6.95. The lowest BCUT2D eigenvalue weighted by Gasteiger charge is -2.34. The lowest BCUT2D eigenvalue weighted by atomic mass is 9.99. The van der Waals surface area contributed by atoms with Crippen molar-refractivity contribution in [3.05, 3.63) is 71.8 Å². The number of carbonyl (C=O) groups is 2. The SMILES string of the molecule is O=C1NN(Cc2ccccc2)C(c2ccccc2)C(=O)N2CCCCC12. The smallest absolute Gasteiger partial charge is 0.257 e. The number of nitrogens with zero attached hydrogens (tertiary/aromatic N) is 2. The minimum absolute atomic E-state index is 0.00943. The van der Waals surface area contributed by atoms with Crippen molar-refractivity contribution in [3.63, 3.8) is 0 Å². The van der Waals surface area contributed by atoms with Crippen LogP contribution in [0.5, 0.6) is 0 Å². The summed E-state index contributed by atoms with van der Waals surface area (Å²) in [5.41, 5.74) is 5.00. The van der Waals surface area contributed by atoms with Crippen molar-refractivity contribution in [2.75, 3.05) is 6.54 Å². The van der Waals surface area contributed by atoms with E-state index in [9.17, 15) is 9.59 Å². The fourth-order valence-electron chi connectivity index (χ4n) is 3.91. The largest absolute Gasteiger partial charge is 0.329 e. The van der Waals surface area contributed by atoms with Crippen molar-refractivity contribution in [2.45, 2.75) is 37.9 Å². The summed E-state index contributed by atoms with van der Waals surface area (Å²) in [4.78, 5) is 28.0. The van der Waals surface area contributed by atoms with Gasteiger partial charge in [-0.05, 0) is 30.4 Å². The van der Waals surface area contributed by atoms with E-state index in [0.717, 1.165) is 30.4 Å². The lowest BCUT2D eigenvalue weighted by Crippen LogP contribution is -2.49. The molecule has 4 rings (SSSR count). The molecule has 2 saturated heterocycles. The first-order valence-corrected chi connectivity index (χ1v) is 9.20. The number of hydrogen-bond acceptors (Lipinski definition) is 3. The molecular weight excluding hydrogens is 326 g/mol. The standard InChI is InChI=1S/C21H23N3O2/c25-20-18-13-7-8-14-23(18)21(26)19(17-11-5-2-6-12-17)24(22-20)15-16-9-3-1-4-10-16/h1-6,9-12,18-19H,7-8,13-15H2,(H,22,25). The molecule has 0 bridgehead atoms. The van der Waals surface area contributed by atoms with E-state index < -0.39 is 6.04 Å². The average molecular weight is 349 g/mol. The quantitative estimate of drug-likeness (QED) is 0.927. The van der Waals surface area contributed by atoms with Gasteiger partial charge in [0.1, 0.15) is 12.1 Å². The van der Waals surface area contributed by atoms with E-state index in [1.165, 1.54) is 0 Å². The van der Waals surface area contributed by atoms with Gasteiger partial charge < -0.3 is 4.90 Å². The molecule has 2 aromatic carbocycles. The van der Waals surface area contributed by atoms with Gasteiger partial charge in [0.15, 0.2) is 0 Å².